The van der Waals surface area contributed by atoms with Gasteiger partial charge in [-0.05, 0) is 53.8 Å². The van der Waals surface area contributed by atoms with E-state index in [9.17, 15) is 18.8 Å². The van der Waals surface area contributed by atoms with Gasteiger partial charge in [-0.25, -0.2) is 9.18 Å². The fourth-order valence-electron chi connectivity index (χ4n) is 2.42. The number of aromatic nitrogens is 2. The lowest BCUT2D eigenvalue weighted by Gasteiger charge is -2.17. The number of hydrogen-bond donors (Lipinski definition) is 2. The van der Waals surface area contributed by atoms with E-state index in [1.165, 1.54) is 39.2 Å². The van der Waals surface area contributed by atoms with Crippen molar-refractivity contribution in [1.29, 1.82) is 0 Å². The lowest BCUT2D eigenvalue weighted by molar-refractivity contribution is 0.103. The Morgan fingerprint density at radius 2 is 1.96 bits per heavy atom. The number of halogens is 2. The minimum Gasteiger partial charge on any atom is -0.416 e. The maximum Gasteiger partial charge on any atom is 0.332 e. The molecule has 0 fully saturated rings. The number of carbonyl (C=O) groups excluding carboxylic acids is 1. The molecule has 0 radical (unpaired) electrons. The second-order valence-corrected chi connectivity index (χ2v) is 7.15. The van der Waals surface area contributed by atoms with Crippen molar-refractivity contribution in [3.8, 4) is 0 Å². The van der Waals surface area contributed by atoms with E-state index >= 15 is 0 Å². The third-order valence-electron chi connectivity index (χ3n) is 3.93. The predicted octanol–water partition coefficient (Wildman–Crippen LogP) is 2.10. The van der Waals surface area contributed by atoms with Gasteiger partial charge in [-0.3, -0.25) is 18.7 Å². The van der Waals surface area contributed by atoms with Gasteiger partial charge in [0.1, 0.15) is 23.0 Å². The van der Waals surface area contributed by atoms with Gasteiger partial charge in [0, 0.05) is 23.2 Å². The van der Waals surface area contributed by atoms with Crippen LogP contribution in [0, 0.1) is 9.39 Å². The molecule has 0 spiro atoms. The topological polar surface area (TPSA) is 108 Å². The molecule has 10 heteroatoms. The first-order chi connectivity index (χ1) is 13.1. The van der Waals surface area contributed by atoms with Crippen LogP contribution in [0.4, 0.5) is 15.9 Å². The lowest BCUT2D eigenvalue weighted by atomic mass is 10.1. The summed E-state index contributed by atoms with van der Waals surface area (Å²) in [6.45, 7) is 5.12. The van der Waals surface area contributed by atoms with Gasteiger partial charge >= 0.3 is 5.69 Å². The molecule has 0 bridgehead atoms. The van der Waals surface area contributed by atoms with Crippen molar-refractivity contribution in [3.63, 3.8) is 0 Å². The van der Waals surface area contributed by atoms with Crippen LogP contribution in [0.25, 0.3) is 0 Å². The van der Waals surface area contributed by atoms with E-state index in [0.717, 1.165) is 9.13 Å². The minimum absolute atomic E-state index is 0.000320. The zero-order valence-electron chi connectivity index (χ0n) is 15.4. The summed E-state index contributed by atoms with van der Waals surface area (Å²) in [5, 5.41) is 2.68. The zero-order chi connectivity index (χ0) is 21.2. The monoisotopic (exact) mass is 500 g/mol. The van der Waals surface area contributed by atoms with E-state index in [1.807, 2.05) is 22.6 Å². The van der Waals surface area contributed by atoms with Gasteiger partial charge in [-0.1, -0.05) is 6.58 Å². The molecule has 1 aromatic carbocycles. The number of nitrogens with two attached hydrogens (primary N) is 1. The highest BCUT2D eigenvalue weighted by atomic mass is 127. The minimum atomic E-state index is -0.845. The molecule has 1 heterocycles. The average Bonchev–Trinajstić information content (AvgIpc) is 2.65. The highest BCUT2D eigenvalue weighted by Gasteiger charge is 2.24. The van der Waals surface area contributed by atoms with E-state index < -0.39 is 22.8 Å². The summed E-state index contributed by atoms with van der Waals surface area (Å²) in [5.41, 5.74) is -1.99. The largest absolute Gasteiger partial charge is 0.416 e. The van der Waals surface area contributed by atoms with Gasteiger partial charge in [0.05, 0.1) is 5.69 Å². The van der Waals surface area contributed by atoms with Crippen LogP contribution in [0.3, 0.4) is 0 Å². The number of benzene rings is 1. The molecule has 0 aliphatic rings. The van der Waals surface area contributed by atoms with Crippen molar-refractivity contribution in [2.45, 2.75) is 6.92 Å². The Kier molecular flexibility index (Phi) is 6.56. The van der Waals surface area contributed by atoms with Crippen LogP contribution in [0.1, 0.15) is 17.3 Å². The van der Waals surface area contributed by atoms with E-state index in [-0.39, 0.29) is 28.4 Å². The summed E-state index contributed by atoms with van der Waals surface area (Å²) >= 11 is 1.94. The molecule has 3 N–H and O–H groups in total. The standard InChI is InChI=1S/C18H18FIN4O4/c1-9(7-10(2)28-21)15(25)14-16(23(3)18(27)24(4)17(14)26)22-13-6-5-11(20)8-12(13)19/h5-8,22H,1,21H2,2-4H3/b10-7-. The molecule has 28 heavy (non-hydrogen) atoms. The fraction of sp³-hybridized carbons (Fsp3) is 0.167. The van der Waals surface area contributed by atoms with Gasteiger partial charge in [-0.2, -0.15) is 5.90 Å². The third kappa shape index (κ3) is 4.22. The van der Waals surface area contributed by atoms with Crippen molar-refractivity contribution in [1.82, 2.24) is 9.13 Å². The number of rotatable bonds is 6. The van der Waals surface area contributed by atoms with Crippen LogP contribution in [-0.2, 0) is 18.9 Å². The molecular weight excluding hydrogens is 482 g/mol. The Labute approximate surface area is 173 Å². The maximum absolute atomic E-state index is 14.3. The third-order valence-corrected chi connectivity index (χ3v) is 4.60. The number of nitrogens with one attached hydrogen (secondary N) is 1. The summed E-state index contributed by atoms with van der Waals surface area (Å²) in [5.74, 6) is 3.70. The molecule has 0 atom stereocenters. The van der Waals surface area contributed by atoms with Gasteiger partial charge in [0.2, 0.25) is 5.78 Å². The highest BCUT2D eigenvalue weighted by molar-refractivity contribution is 14.1. The van der Waals surface area contributed by atoms with Crippen molar-refractivity contribution < 1.29 is 14.0 Å². The normalized spacial score (nSPS) is 11.3. The molecule has 0 saturated heterocycles. The molecule has 0 aliphatic carbocycles. The summed E-state index contributed by atoms with van der Waals surface area (Å²) in [7, 11) is 2.60. The molecule has 1 aromatic heterocycles. The van der Waals surface area contributed by atoms with Crippen LogP contribution in [0.2, 0.25) is 0 Å². The van der Waals surface area contributed by atoms with E-state index in [2.05, 4.69) is 16.7 Å². The second kappa shape index (κ2) is 8.52. The molecule has 2 aromatic rings. The SMILES string of the molecule is C=C(/C=C(/C)ON)C(=O)c1c(Nc2ccc(I)cc2F)n(C)c(=O)n(C)c1=O. The van der Waals surface area contributed by atoms with Crippen molar-refractivity contribution >= 4 is 39.9 Å². The van der Waals surface area contributed by atoms with Gasteiger partial charge in [-0.15, -0.1) is 0 Å². The van der Waals surface area contributed by atoms with E-state index in [4.69, 9.17) is 5.90 Å². The Hall–Kier alpha value is -2.73. The molecular formula is C18H18FIN4O4. The molecule has 0 saturated carbocycles. The van der Waals surface area contributed by atoms with Crippen LogP contribution in [0.15, 0.2) is 51.8 Å². The molecule has 0 unspecified atom stereocenters. The molecule has 0 amide bonds. The Morgan fingerprint density at radius 3 is 2.54 bits per heavy atom. The number of Topliss-reactive ketones (excluding diaryl/α,β-unsaturated/α-hetero) is 1. The Morgan fingerprint density at radius 1 is 1.32 bits per heavy atom. The first kappa shape index (κ1) is 21.6. The number of hydrogen-bond acceptors (Lipinski definition) is 6. The van der Waals surface area contributed by atoms with Gasteiger partial charge in [0.25, 0.3) is 5.56 Å². The fourth-order valence-corrected chi connectivity index (χ4v) is 2.87. The van der Waals surface area contributed by atoms with Crippen LogP contribution in [0.5, 0.6) is 0 Å². The van der Waals surface area contributed by atoms with Crippen molar-refractivity contribution in [2.24, 2.45) is 20.0 Å². The van der Waals surface area contributed by atoms with E-state index in [0.29, 0.717) is 3.57 Å². The Bertz CT molecular complexity index is 1120. The highest BCUT2D eigenvalue weighted by Crippen LogP contribution is 2.23. The average molecular weight is 500 g/mol. The van der Waals surface area contributed by atoms with Crippen molar-refractivity contribution in [2.75, 3.05) is 5.32 Å². The smallest absolute Gasteiger partial charge is 0.332 e. The Balaban J connectivity index is 2.71. The first-order valence-corrected chi connectivity index (χ1v) is 8.97. The summed E-state index contributed by atoms with van der Waals surface area (Å²) in [6, 6.07) is 4.35. The van der Waals surface area contributed by atoms with Crippen molar-refractivity contribution in [3.05, 3.63) is 78.0 Å². The summed E-state index contributed by atoms with van der Waals surface area (Å²) in [4.78, 5) is 42.4. The number of nitrogens with zero attached hydrogens (tertiary/aromatic N) is 2. The number of carbonyl (C=O) groups is 1. The predicted molar refractivity (Wildman–Crippen MR) is 112 cm³/mol. The number of anilines is 2. The lowest BCUT2D eigenvalue weighted by Crippen LogP contribution is -2.41. The van der Waals surface area contributed by atoms with Gasteiger partial charge in [0.15, 0.2) is 0 Å². The molecule has 148 valence electrons. The number of allylic oxidation sites excluding steroid dienone is 3. The molecule has 8 nitrogen and oxygen atoms in total. The van der Waals surface area contributed by atoms with E-state index in [1.54, 1.807) is 6.07 Å². The van der Waals surface area contributed by atoms with Crippen LogP contribution in [-0.4, -0.2) is 14.9 Å². The molecule has 2 rings (SSSR count). The molecule has 0 aliphatic heterocycles. The first-order valence-electron chi connectivity index (χ1n) is 7.89. The van der Waals surface area contributed by atoms with Crippen LogP contribution < -0.4 is 22.5 Å². The van der Waals surface area contributed by atoms with Gasteiger partial charge < -0.3 is 10.2 Å². The number of ketones is 1. The van der Waals surface area contributed by atoms with Crippen LogP contribution >= 0.6 is 22.6 Å². The summed E-state index contributed by atoms with van der Waals surface area (Å²) in [6.07, 6.45) is 1.25. The summed E-state index contributed by atoms with van der Waals surface area (Å²) < 4.78 is 16.8. The zero-order valence-corrected chi connectivity index (χ0v) is 17.5. The quantitative estimate of drug-likeness (QED) is 0.157. The maximum atomic E-state index is 14.3. The second-order valence-electron chi connectivity index (χ2n) is 5.91.